The van der Waals surface area contributed by atoms with Gasteiger partial charge in [0.15, 0.2) is 5.78 Å². The van der Waals surface area contributed by atoms with Crippen LogP contribution >= 0.6 is 0 Å². The lowest BCUT2D eigenvalue weighted by atomic mass is 9.83. The molecule has 1 aromatic rings. The van der Waals surface area contributed by atoms with Crippen LogP contribution in [0.4, 0.5) is 0 Å². The molecular weight excluding hydrogens is 833 g/mol. The Balaban J connectivity index is 2.16. The second kappa shape index (κ2) is 30.1. The minimum absolute atomic E-state index is 0.00717. The van der Waals surface area contributed by atoms with Crippen molar-refractivity contribution >= 4 is 29.3 Å². The molecule has 0 bridgehead atoms. The number of methoxy groups -OCH3 is 2. The minimum atomic E-state index is -0.787. The van der Waals surface area contributed by atoms with Crippen molar-refractivity contribution in [3.8, 4) is 0 Å². The van der Waals surface area contributed by atoms with E-state index in [0.717, 1.165) is 12.0 Å². The lowest BCUT2D eigenvalue weighted by molar-refractivity contribution is -0.149. The molecule has 1 heterocycles. The highest BCUT2D eigenvalue weighted by Crippen LogP contribution is 2.33. The number of nitrogens with two attached hydrogens (primary N) is 1. The molecule has 1 fully saturated rings. The smallest absolute Gasteiger partial charge is 0.226 e. The third kappa shape index (κ3) is 17.7. The summed E-state index contributed by atoms with van der Waals surface area (Å²) in [4.78, 5) is 75.1. The molecule has 0 radical (unpaired) electrons. The summed E-state index contributed by atoms with van der Waals surface area (Å²) >= 11 is 0. The van der Waals surface area contributed by atoms with Crippen molar-refractivity contribution in [1.82, 2.24) is 14.7 Å². The Morgan fingerprint density at radius 1 is 0.769 bits per heavy atom. The summed E-state index contributed by atoms with van der Waals surface area (Å²) in [5.41, 5.74) is 6.17. The van der Waals surface area contributed by atoms with Gasteiger partial charge in [-0.3, -0.25) is 24.0 Å². The number of ketones is 2. The van der Waals surface area contributed by atoms with Crippen LogP contribution < -0.4 is 5.73 Å². The largest absolute Gasteiger partial charge is 0.388 e. The molecular formula is C50H86N4O11. The normalized spacial score (nSPS) is 18.4. The van der Waals surface area contributed by atoms with Crippen molar-refractivity contribution in [2.24, 2.45) is 41.2 Å². The average molecular weight is 919 g/mol. The number of likely N-dealkylation sites (N-methyl/N-ethyl adjacent to an activating group) is 2. The number of aliphatic hydroxyl groups excluding tert-OH is 1. The lowest BCUT2D eigenvalue weighted by Gasteiger charge is -2.41. The Morgan fingerprint density at radius 2 is 1.37 bits per heavy atom. The van der Waals surface area contributed by atoms with Gasteiger partial charge in [-0.15, -0.1) is 0 Å². The maximum Gasteiger partial charge on any atom is 0.226 e. The summed E-state index contributed by atoms with van der Waals surface area (Å²) in [6.07, 6.45) is 0.355. The van der Waals surface area contributed by atoms with Gasteiger partial charge in [0.1, 0.15) is 5.78 Å². The Bertz CT molecular complexity index is 1560. The number of Topliss-reactive ketones (excluding diaryl/α,β-unsaturated/α-hetero) is 2. The van der Waals surface area contributed by atoms with Gasteiger partial charge in [-0.2, -0.15) is 0 Å². The van der Waals surface area contributed by atoms with E-state index in [0.29, 0.717) is 59.0 Å². The first kappa shape index (κ1) is 57.8. The fourth-order valence-corrected chi connectivity index (χ4v) is 9.29. The topological polar surface area (TPSA) is 187 Å². The molecule has 0 unspecified atom stereocenters. The Kier molecular flexibility index (Phi) is 26.8. The first-order valence-electron chi connectivity index (χ1n) is 24.0. The first-order valence-corrected chi connectivity index (χ1v) is 24.0. The number of hydrogen-bond donors (Lipinski definition) is 2. The van der Waals surface area contributed by atoms with Crippen molar-refractivity contribution in [2.45, 2.75) is 137 Å². The molecule has 1 aromatic carbocycles. The number of amides is 3. The van der Waals surface area contributed by atoms with Crippen LogP contribution in [0, 0.1) is 35.5 Å². The number of benzene rings is 1. The molecule has 3 N–H and O–H groups in total. The number of nitrogens with zero attached hydrogens (tertiary/aromatic N) is 3. The molecule has 2 rings (SSSR count). The van der Waals surface area contributed by atoms with E-state index < -0.39 is 42.2 Å². The van der Waals surface area contributed by atoms with Gasteiger partial charge in [0.05, 0.1) is 88.9 Å². The third-order valence-corrected chi connectivity index (χ3v) is 13.3. The van der Waals surface area contributed by atoms with E-state index in [1.165, 1.54) is 4.90 Å². The van der Waals surface area contributed by atoms with E-state index in [1.54, 1.807) is 33.2 Å². The first-order chi connectivity index (χ1) is 30.9. The number of aliphatic hydroxyl groups is 1. The van der Waals surface area contributed by atoms with E-state index in [1.807, 2.05) is 90.6 Å². The van der Waals surface area contributed by atoms with Gasteiger partial charge in [-0.1, -0.05) is 92.1 Å². The van der Waals surface area contributed by atoms with Gasteiger partial charge < -0.3 is 49.2 Å². The van der Waals surface area contributed by atoms with Crippen molar-refractivity contribution < 1.29 is 52.8 Å². The van der Waals surface area contributed by atoms with Crippen LogP contribution in [-0.4, -0.2) is 160 Å². The minimum Gasteiger partial charge on any atom is -0.388 e. The molecule has 1 aliphatic heterocycles. The predicted octanol–water partition coefficient (Wildman–Crippen LogP) is 5.35. The summed E-state index contributed by atoms with van der Waals surface area (Å²) in [6.45, 7) is 18.6. The molecule has 0 saturated carbocycles. The fraction of sp³-hybridized carbons (Fsp3) is 0.780. The molecule has 10 atom stereocenters. The zero-order valence-electron chi connectivity index (χ0n) is 41.9. The standard InChI is InChI=1S/C50H86N4O11/c1-13-35(6)47(43(61-11)32-45(58)54-23-17-20-40(54)49(62-12)37(8)41(55)30-36(7)48(59)38-18-15-14-16-19-38)53(10)50(60)39(33(2)3)31-42(56)46(34(4)5)52(9)44(57)21-24-63-26-28-65-29-27-64-25-22-51/h14-16,18-19,33-37,39-40,43,46-49,59H,13,17,20-32,51H2,1-12H3/t35-,36-,37-,39-,40-,43+,46-,47-,48+,49+/m0/s1. The van der Waals surface area contributed by atoms with E-state index in [-0.39, 0.29) is 91.3 Å². The van der Waals surface area contributed by atoms with Crippen LogP contribution in [0.3, 0.4) is 0 Å². The van der Waals surface area contributed by atoms with Gasteiger partial charge in [0.25, 0.3) is 0 Å². The number of likely N-dealkylation sites (tertiary alicyclic amines) is 1. The summed E-state index contributed by atoms with van der Waals surface area (Å²) in [6, 6.07) is 7.75. The molecule has 1 saturated heterocycles. The van der Waals surface area contributed by atoms with Crippen molar-refractivity contribution in [1.29, 1.82) is 0 Å². The highest BCUT2D eigenvalue weighted by atomic mass is 16.5. The van der Waals surface area contributed by atoms with E-state index in [2.05, 4.69) is 0 Å². The van der Waals surface area contributed by atoms with Crippen LogP contribution in [0.2, 0.25) is 0 Å². The summed E-state index contributed by atoms with van der Waals surface area (Å²) in [7, 11) is 6.49. The van der Waals surface area contributed by atoms with Crippen molar-refractivity contribution in [3.63, 3.8) is 0 Å². The molecule has 65 heavy (non-hydrogen) atoms. The highest BCUT2D eigenvalue weighted by Gasteiger charge is 2.43. The number of carbonyl (C=O) groups excluding carboxylic acids is 5. The van der Waals surface area contributed by atoms with Crippen LogP contribution in [0.25, 0.3) is 0 Å². The Hall–Kier alpha value is -3.31. The van der Waals surface area contributed by atoms with Gasteiger partial charge in [-0.05, 0) is 42.1 Å². The number of ether oxygens (including phenoxy) is 5. The average Bonchev–Trinajstić information content (AvgIpc) is 3.77. The zero-order valence-corrected chi connectivity index (χ0v) is 41.9. The van der Waals surface area contributed by atoms with Crippen molar-refractivity contribution in [3.05, 3.63) is 35.9 Å². The maximum absolute atomic E-state index is 14.6. The zero-order chi connectivity index (χ0) is 48.8. The molecule has 15 heteroatoms. The second-order valence-corrected chi connectivity index (χ2v) is 18.7. The summed E-state index contributed by atoms with van der Waals surface area (Å²) < 4.78 is 28.4. The number of rotatable bonds is 33. The van der Waals surface area contributed by atoms with Crippen LogP contribution in [0.5, 0.6) is 0 Å². The molecule has 1 aliphatic rings. The molecule has 0 aromatic heterocycles. The van der Waals surface area contributed by atoms with Crippen LogP contribution in [-0.2, 0) is 47.7 Å². The predicted molar refractivity (Wildman–Crippen MR) is 252 cm³/mol. The molecule has 0 aliphatic carbocycles. The van der Waals surface area contributed by atoms with E-state index in [4.69, 9.17) is 29.4 Å². The third-order valence-electron chi connectivity index (χ3n) is 13.3. The van der Waals surface area contributed by atoms with Gasteiger partial charge in [0.2, 0.25) is 17.7 Å². The van der Waals surface area contributed by atoms with Gasteiger partial charge in [0, 0.05) is 66.1 Å². The second-order valence-electron chi connectivity index (χ2n) is 18.7. The van der Waals surface area contributed by atoms with Gasteiger partial charge >= 0.3 is 0 Å². The van der Waals surface area contributed by atoms with E-state index in [9.17, 15) is 29.1 Å². The van der Waals surface area contributed by atoms with Crippen LogP contribution in [0.15, 0.2) is 30.3 Å². The monoisotopic (exact) mass is 919 g/mol. The molecule has 0 spiro atoms. The highest BCUT2D eigenvalue weighted by molar-refractivity contribution is 5.93. The molecule has 15 nitrogen and oxygen atoms in total. The lowest BCUT2D eigenvalue weighted by Crippen LogP contribution is -2.54. The SMILES string of the molecule is CC[C@H](C)[C@@H]([C@@H](CC(=O)N1CCC[C@H]1[C@H](OC)[C@@H](C)C(=O)C[C@H](C)[C@@H](O)c1ccccc1)OC)N(C)C(=O)[C@@H](CC(=O)[C@H](C(C)C)N(C)C(=O)CCOCCOCCOCCN)C(C)C. The van der Waals surface area contributed by atoms with E-state index >= 15 is 0 Å². The summed E-state index contributed by atoms with van der Waals surface area (Å²) in [5, 5.41) is 11.0. The molecule has 372 valence electrons. The van der Waals surface area contributed by atoms with Gasteiger partial charge in [-0.25, -0.2) is 0 Å². The number of hydrogen-bond acceptors (Lipinski definition) is 12. The molecule has 3 amide bonds. The summed E-state index contributed by atoms with van der Waals surface area (Å²) in [5.74, 6) is -2.79. The Labute approximate surface area is 390 Å². The Morgan fingerprint density at radius 3 is 1.91 bits per heavy atom. The quantitative estimate of drug-likeness (QED) is 0.0863. The fourth-order valence-electron chi connectivity index (χ4n) is 9.29. The van der Waals surface area contributed by atoms with Crippen LogP contribution in [0.1, 0.15) is 112 Å². The maximum atomic E-state index is 14.6. The number of carbonyl (C=O) groups is 5. The van der Waals surface area contributed by atoms with Crippen molar-refractivity contribution in [2.75, 3.05) is 81.0 Å².